The summed E-state index contributed by atoms with van der Waals surface area (Å²) in [7, 11) is 0. The van der Waals surface area contributed by atoms with Crippen molar-refractivity contribution in [2.24, 2.45) is 0 Å². The van der Waals surface area contributed by atoms with Crippen LogP contribution < -0.4 is 4.90 Å². The van der Waals surface area contributed by atoms with Crippen LogP contribution in [0.1, 0.15) is 60.2 Å². The Bertz CT molecular complexity index is 1380. The van der Waals surface area contributed by atoms with E-state index in [9.17, 15) is 32.3 Å². The van der Waals surface area contributed by atoms with E-state index in [-0.39, 0.29) is 36.8 Å². The van der Waals surface area contributed by atoms with Crippen molar-refractivity contribution in [1.29, 1.82) is 0 Å². The van der Waals surface area contributed by atoms with Crippen molar-refractivity contribution >= 4 is 17.5 Å². The molecule has 3 aromatic rings. The van der Waals surface area contributed by atoms with Gasteiger partial charge in [-0.15, -0.1) is 0 Å². The van der Waals surface area contributed by atoms with Crippen molar-refractivity contribution in [1.82, 2.24) is 15.0 Å². The second-order valence-corrected chi connectivity index (χ2v) is 9.82. The van der Waals surface area contributed by atoms with Gasteiger partial charge in [0.15, 0.2) is 5.82 Å². The van der Waals surface area contributed by atoms with E-state index in [1.165, 1.54) is 36.1 Å². The third kappa shape index (κ3) is 4.42. The van der Waals surface area contributed by atoms with E-state index < -0.39 is 53.5 Å². The molecule has 38 heavy (non-hydrogen) atoms. The summed E-state index contributed by atoms with van der Waals surface area (Å²) in [6.45, 7) is 2.65. The summed E-state index contributed by atoms with van der Waals surface area (Å²) in [5.41, 5.74) is -1.19. The second kappa shape index (κ2) is 9.19. The molecule has 12 heteroatoms. The molecule has 2 heterocycles. The van der Waals surface area contributed by atoms with Crippen LogP contribution in [-0.4, -0.2) is 44.0 Å². The number of nitrogens with zero attached hydrogens (tertiary/aromatic N) is 4. The lowest BCUT2D eigenvalue weighted by atomic mass is 9.65. The van der Waals surface area contributed by atoms with Crippen molar-refractivity contribution in [2.45, 2.75) is 57.0 Å². The Morgan fingerprint density at radius 1 is 1.16 bits per heavy atom. The van der Waals surface area contributed by atoms with Gasteiger partial charge in [0.2, 0.25) is 11.8 Å². The van der Waals surface area contributed by atoms with Crippen molar-refractivity contribution in [3.8, 4) is 0 Å². The van der Waals surface area contributed by atoms with Crippen LogP contribution in [-0.2, 0) is 22.3 Å². The first-order chi connectivity index (χ1) is 17.9. The molecule has 1 atom stereocenters. The van der Waals surface area contributed by atoms with Gasteiger partial charge in [0.05, 0.1) is 11.3 Å². The molecule has 2 aliphatic rings. The number of amides is 2. The van der Waals surface area contributed by atoms with Gasteiger partial charge < -0.3 is 14.5 Å². The van der Waals surface area contributed by atoms with Gasteiger partial charge in [-0.25, -0.2) is 4.39 Å². The minimum atomic E-state index is -4.51. The highest BCUT2D eigenvalue weighted by Crippen LogP contribution is 2.51. The molecule has 200 valence electrons. The van der Waals surface area contributed by atoms with Crippen LogP contribution in [0.3, 0.4) is 0 Å². The average Bonchev–Trinajstić information content (AvgIpc) is 3.31. The summed E-state index contributed by atoms with van der Waals surface area (Å²) in [6.07, 6.45) is -5.30. The second-order valence-electron chi connectivity index (χ2n) is 9.82. The number of rotatable bonds is 5. The fourth-order valence-electron chi connectivity index (χ4n) is 5.05. The Morgan fingerprint density at radius 2 is 1.84 bits per heavy atom. The maximum Gasteiger partial charge on any atom is 0.416 e. The molecule has 8 nitrogen and oxygen atoms in total. The molecule has 1 aliphatic heterocycles. The largest absolute Gasteiger partial charge is 0.416 e. The Kier molecular flexibility index (Phi) is 6.25. The number of hydrogen-bond acceptors (Lipinski definition) is 6. The fraction of sp³-hybridized carbons (Fsp3) is 0.385. The molecule has 1 saturated carbocycles. The molecule has 2 aromatic carbocycles. The monoisotopic (exact) mass is 532 g/mol. The highest BCUT2D eigenvalue weighted by atomic mass is 19.4. The minimum Gasteiger partial charge on any atom is -0.385 e. The van der Waals surface area contributed by atoms with Crippen molar-refractivity contribution in [2.75, 3.05) is 11.4 Å². The zero-order valence-electron chi connectivity index (χ0n) is 20.5. The molecule has 1 aliphatic carbocycles. The van der Waals surface area contributed by atoms with E-state index in [0.717, 1.165) is 17.0 Å². The first kappa shape index (κ1) is 25.8. The van der Waals surface area contributed by atoms with Crippen LogP contribution in [0.25, 0.3) is 0 Å². The number of benzene rings is 2. The number of piperazine rings is 1. The number of aliphatic hydroxyl groups is 1. The Balaban J connectivity index is 1.47. The standard InChI is InChI=1S/C26H24F4N4O4/c1-14-3-8-20(19(27)9-14)33-13-21(36)34(12-16-4-6-18(7-5-16)26(28,29)30)25(24(33)37)10-17(11-25)23-31-22(15(2)35)32-38-23/h3-9,15,17,35H,10-13H2,1-2H3. The van der Waals surface area contributed by atoms with Gasteiger partial charge in [-0.1, -0.05) is 23.4 Å². The topological polar surface area (TPSA) is 99.8 Å². The summed E-state index contributed by atoms with van der Waals surface area (Å²) in [5.74, 6) is -1.76. The Hall–Kier alpha value is -3.80. The lowest BCUT2D eigenvalue weighted by Gasteiger charge is -2.56. The number of alkyl halides is 3. The molecular weight excluding hydrogens is 508 g/mol. The number of aliphatic hydroxyl groups excluding tert-OH is 1. The molecule has 2 amide bonds. The molecular formula is C26H24F4N4O4. The predicted molar refractivity (Wildman–Crippen MR) is 125 cm³/mol. The van der Waals surface area contributed by atoms with Crippen LogP contribution in [0.15, 0.2) is 47.0 Å². The van der Waals surface area contributed by atoms with E-state index in [1.54, 1.807) is 13.0 Å². The lowest BCUT2D eigenvalue weighted by molar-refractivity contribution is -0.160. The van der Waals surface area contributed by atoms with E-state index in [1.807, 2.05) is 0 Å². The summed E-state index contributed by atoms with van der Waals surface area (Å²) >= 11 is 0. The van der Waals surface area contributed by atoms with Crippen molar-refractivity contribution in [3.05, 3.63) is 76.7 Å². The third-order valence-electron chi connectivity index (χ3n) is 7.12. The highest BCUT2D eigenvalue weighted by Gasteiger charge is 2.61. The van der Waals surface area contributed by atoms with Crippen molar-refractivity contribution < 1.29 is 36.8 Å². The number of halogens is 4. The number of aryl methyl sites for hydroxylation is 1. The van der Waals surface area contributed by atoms with E-state index in [0.29, 0.717) is 11.1 Å². The van der Waals surface area contributed by atoms with Gasteiger partial charge in [-0.3, -0.25) is 14.5 Å². The number of hydrogen-bond donors (Lipinski definition) is 1. The van der Waals surface area contributed by atoms with Gasteiger partial charge in [0.25, 0.3) is 5.91 Å². The molecule has 0 bridgehead atoms. The highest BCUT2D eigenvalue weighted by molar-refractivity contribution is 6.10. The van der Waals surface area contributed by atoms with Gasteiger partial charge in [0, 0.05) is 12.5 Å². The molecule has 1 N–H and O–H groups in total. The zero-order valence-corrected chi connectivity index (χ0v) is 20.5. The number of carbonyl (C=O) groups is 2. The molecule has 1 saturated heterocycles. The number of aromatic nitrogens is 2. The van der Waals surface area contributed by atoms with E-state index in [2.05, 4.69) is 10.1 Å². The Morgan fingerprint density at radius 3 is 2.42 bits per heavy atom. The van der Waals surface area contributed by atoms with Gasteiger partial charge in [0.1, 0.15) is 24.0 Å². The van der Waals surface area contributed by atoms with E-state index >= 15 is 0 Å². The molecule has 1 unspecified atom stereocenters. The van der Waals surface area contributed by atoms with Gasteiger partial charge in [-0.05, 0) is 62.1 Å². The SMILES string of the molecule is Cc1ccc(N2CC(=O)N(Cc3ccc(C(F)(F)F)cc3)C3(CC(c4nc(C(C)O)no4)C3)C2=O)c(F)c1. The van der Waals surface area contributed by atoms with Crippen LogP contribution in [0.5, 0.6) is 0 Å². The molecule has 1 aromatic heterocycles. The minimum absolute atomic E-state index is 0.0277. The summed E-state index contributed by atoms with van der Waals surface area (Å²) < 4.78 is 59.1. The maximum atomic E-state index is 14.8. The third-order valence-corrected chi connectivity index (χ3v) is 7.12. The van der Waals surface area contributed by atoms with Gasteiger partial charge >= 0.3 is 6.18 Å². The average molecular weight is 532 g/mol. The van der Waals surface area contributed by atoms with Crippen LogP contribution in [0.4, 0.5) is 23.2 Å². The number of carbonyl (C=O) groups excluding carboxylic acids is 2. The molecule has 2 fully saturated rings. The molecule has 5 rings (SSSR count). The Labute approximate surface area is 214 Å². The lowest BCUT2D eigenvalue weighted by Crippen LogP contribution is -2.72. The first-order valence-corrected chi connectivity index (χ1v) is 12.0. The van der Waals surface area contributed by atoms with E-state index in [4.69, 9.17) is 4.52 Å². The fourth-order valence-corrected chi connectivity index (χ4v) is 5.05. The quantitative estimate of drug-likeness (QED) is 0.493. The summed E-state index contributed by atoms with van der Waals surface area (Å²) in [4.78, 5) is 34.0. The van der Waals surface area contributed by atoms with Crippen LogP contribution in [0, 0.1) is 12.7 Å². The van der Waals surface area contributed by atoms with Gasteiger partial charge in [-0.2, -0.15) is 18.2 Å². The zero-order chi connectivity index (χ0) is 27.4. The van der Waals surface area contributed by atoms with Crippen LogP contribution >= 0.6 is 0 Å². The maximum absolute atomic E-state index is 14.8. The number of anilines is 1. The smallest absolute Gasteiger partial charge is 0.385 e. The predicted octanol–water partition coefficient (Wildman–Crippen LogP) is 4.28. The first-order valence-electron chi connectivity index (χ1n) is 12.0. The molecule has 1 spiro atoms. The van der Waals surface area contributed by atoms with Crippen molar-refractivity contribution in [3.63, 3.8) is 0 Å². The van der Waals surface area contributed by atoms with Crippen LogP contribution in [0.2, 0.25) is 0 Å². The molecule has 0 radical (unpaired) electrons. The normalized spacial score (nSPS) is 22.7. The summed E-state index contributed by atoms with van der Waals surface area (Å²) in [5, 5.41) is 13.4. The summed E-state index contributed by atoms with van der Waals surface area (Å²) in [6, 6.07) is 8.73.